The second-order valence-corrected chi connectivity index (χ2v) is 7.01. The van der Waals surface area contributed by atoms with Gasteiger partial charge >= 0.3 is 0 Å². The van der Waals surface area contributed by atoms with E-state index < -0.39 is 0 Å². The number of hydrogen-bond donors (Lipinski definition) is 2. The average Bonchev–Trinajstić information content (AvgIpc) is 2.74. The smallest absolute Gasteiger partial charge is 0.223 e. The third kappa shape index (κ3) is 3.51. The molecule has 0 aliphatic heterocycles. The lowest BCUT2D eigenvalue weighted by molar-refractivity contribution is -0.127. The molecule has 1 atom stereocenters. The molecule has 0 bridgehead atoms. The molecule has 2 aliphatic rings. The summed E-state index contributed by atoms with van der Waals surface area (Å²) in [6.45, 7) is 0. The van der Waals surface area contributed by atoms with Crippen molar-refractivity contribution in [2.24, 2.45) is 18.9 Å². The summed E-state index contributed by atoms with van der Waals surface area (Å²) in [5.74, 6) is 0.678. The van der Waals surface area contributed by atoms with Crippen LogP contribution in [0.5, 0.6) is 0 Å². The number of aromatic nitrogens is 2. The number of nitrogens with zero attached hydrogens (tertiary/aromatic N) is 2. The van der Waals surface area contributed by atoms with Gasteiger partial charge in [0, 0.05) is 24.7 Å². The van der Waals surface area contributed by atoms with Crippen LogP contribution in [0.25, 0.3) is 0 Å². The lowest BCUT2D eigenvalue weighted by Gasteiger charge is -2.38. The molecule has 5 nitrogen and oxygen atoms in total. The van der Waals surface area contributed by atoms with Crippen molar-refractivity contribution in [3.8, 4) is 0 Å². The van der Waals surface area contributed by atoms with E-state index in [0.29, 0.717) is 5.92 Å². The first-order chi connectivity index (χ1) is 10.6. The highest BCUT2D eigenvalue weighted by atomic mass is 16.3. The van der Waals surface area contributed by atoms with Crippen molar-refractivity contribution < 1.29 is 9.90 Å². The summed E-state index contributed by atoms with van der Waals surface area (Å²) in [4.78, 5) is 12.7. The van der Waals surface area contributed by atoms with Crippen molar-refractivity contribution in [1.29, 1.82) is 0 Å². The Hall–Kier alpha value is -1.36. The van der Waals surface area contributed by atoms with Gasteiger partial charge in [0.2, 0.25) is 5.91 Å². The minimum absolute atomic E-state index is 0.00662. The van der Waals surface area contributed by atoms with Gasteiger partial charge < -0.3 is 10.4 Å². The Bertz CT molecular complexity index is 500. The molecule has 1 amide bonds. The van der Waals surface area contributed by atoms with E-state index >= 15 is 0 Å². The van der Waals surface area contributed by atoms with Crippen molar-refractivity contribution in [3.63, 3.8) is 0 Å². The fourth-order valence-corrected chi connectivity index (χ4v) is 3.79. The van der Waals surface area contributed by atoms with Crippen LogP contribution in [0.1, 0.15) is 63.0 Å². The van der Waals surface area contributed by atoms with Crippen molar-refractivity contribution in [1.82, 2.24) is 15.1 Å². The molecule has 1 unspecified atom stereocenters. The van der Waals surface area contributed by atoms with Crippen LogP contribution in [0.4, 0.5) is 0 Å². The number of amides is 1. The SMILES string of the molecule is Cn1cc(C(NC(=O)C2CCCCCC2)C2CC(O)C2)cn1. The molecule has 5 heteroatoms. The lowest BCUT2D eigenvalue weighted by atomic mass is 9.75. The van der Waals surface area contributed by atoms with Crippen LogP contribution in [-0.2, 0) is 11.8 Å². The number of carbonyl (C=O) groups is 1. The normalized spacial score (nSPS) is 27.7. The fourth-order valence-electron chi connectivity index (χ4n) is 3.79. The van der Waals surface area contributed by atoms with E-state index in [1.807, 2.05) is 19.4 Å². The summed E-state index contributed by atoms with van der Waals surface area (Å²) in [5, 5.41) is 17.1. The molecule has 2 aliphatic carbocycles. The lowest BCUT2D eigenvalue weighted by Crippen LogP contribution is -2.43. The maximum atomic E-state index is 12.7. The first kappa shape index (κ1) is 15.5. The molecular weight excluding hydrogens is 278 g/mol. The summed E-state index contributed by atoms with van der Waals surface area (Å²) in [7, 11) is 1.89. The van der Waals surface area contributed by atoms with Crippen LogP contribution in [-0.4, -0.2) is 26.9 Å². The number of aliphatic hydroxyl groups excluding tert-OH is 1. The van der Waals surface area contributed by atoms with E-state index in [-0.39, 0.29) is 24.0 Å². The first-order valence-corrected chi connectivity index (χ1v) is 8.60. The van der Waals surface area contributed by atoms with Gasteiger partial charge in [0.1, 0.15) is 0 Å². The maximum absolute atomic E-state index is 12.7. The Morgan fingerprint density at radius 2 is 2.00 bits per heavy atom. The number of aryl methyl sites for hydroxylation is 1. The van der Waals surface area contributed by atoms with Gasteiger partial charge in [-0.05, 0) is 31.6 Å². The zero-order valence-corrected chi connectivity index (χ0v) is 13.4. The Morgan fingerprint density at radius 3 is 2.55 bits per heavy atom. The van der Waals surface area contributed by atoms with Crippen molar-refractivity contribution in [2.45, 2.75) is 63.5 Å². The van der Waals surface area contributed by atoms with Crippen LogP contribution < -0.4 is 5.32 Å². The van der Waals surface area contributed by atoms with E-state index in [1.165, 1.54) is 12.8 Å². The van der Waals surface area contributed by atoms with Crippen molar-refractivity contribution >= 4 is 5.91 Å². The topological polar surface area (TPSA) is 67.2 Å². The van der Waals surface area contributed by atoms with Gasteiger partial charge in [0.15, 0.2) is 0 Å². The minimum Gasteiger partial charge on any atom is -0.393 e. The van der Waals surface area contributed by atoms with Crippen LogP contribution in [0, 0.1) is 11.8 Å². The number of rotatable bonds is 4. The monoisotopic (exact) mass is 305 g/mol. The van der Waals surface area contributed by atoms with E-state index in [2.05, 4.69) is 10.4 Å². The van der Waals surface area contributed by atoms with Crippen LogP contribution in [0.3, 0.4) is 0 Å². The summed E-state index contributed by atoms with van der Waals surface area (Å²) < 4.78 is 1.77. The zero-order chi connectivity index (χ0) is 15.5. The molecule has 1 heterocycles. The number of aliphatic hydroxyl groups is 1. The summed E-state index contributed by atoms with van der Waals surface area (Å²) in [5.41, 5.74) is 1.06. The number of carbonyl (C=O) groups excluding carboxylic acids is 1. The van der Waals surface area contributed by atoms with Crippen LogP contribution in [0.15, 0.2) is 12.4 Å². The standard InChI is InChI=1S/C17H27N3O2/c1-20-11-14(10-18-20)16(13-8-15(21)9-13)19-17(22)12-6-4-2-3-5-7-12/h10-13,15-16,21H,2-9H2,1H3,(H,19,22). The number of nitrogens with one attached hydrogen (secondary N) is 1. The molecule has 0 spiro atoms. The second kappa shape index (κ2) is 6.82. The van der Waals surface area contributed by atoms with Gasteiger partial charge in [0.05, 0.1) is 18.3 Å². The van der Waals surface area contributed by atoms with Crippen molar-refractivity contribution in [3.05, 3.63) is 18.0 Å². The molecule has 22 heavy (non-hydrogen) atoms. The zero-order valence-electron chi connectivity index (χ0n) is 13.4. The van der Waals surface area contributed by atoms with Gasteiger partial charge in [-0.15, -0.1) is 0 Å². The van der Waals surface area contributed by atoms with Gasteiger partial charge in [-0.1, -0.05) is 25.7 Å². The predicted molar refractivity (Wildman–Crippen MR) is 84.0 cm³/mol. The third-order valence-corrected chi connectivity index (χ3v) is 5.23. The predicted octanol–water partition coefficient (Wildman–Crippen LogP) is 2.32. The Labute approximate surface area is 132 Å². The minimum atomic E-state index is -0.209. The molecule has 1 aromatic rings. The van der Waals surface area contributed by atoms with Crippen LogP contribution >= 0.6 is 0 Å². The van der Waals surface area contributed by atoms with E-state index in [0.717, 1.165) is 44.1 Å². The number of hydrogen-bond acceptors (Lipinski definition) is 3. The summed E-state index contributed by atoms with van der Waals surface area (Å²) in [6, 6.07) is -0.00662. The highest BCUT2D eigenvalue weighted by molar-refractivity contribution is 5.79. The Kier molecular flexibility index (Phi) is 4.81. The fraction of sp³-hybridized carbons (Fsp3) is 0.765. The summed E-state index contributed by atoms with van der Waals surface area (Å²) in [6.07, 6.45) is 12.0. The van der Waals surface area contributed by atoms with Gasteiger partial charge in [-0.25, -0.2) is 0 Å². The van der Waals surface area contributed by atoms with Crippen LogP contribution in [0.2, 0.25) is 0 Å². The van der Waals surface area contributed by atoms with E-state index in [4.69, 9.17) is 0 Å². The molecule has 1 aromatic heterocycles. The third-order valence-electron chi connectivity index (χ3n) is 5.23. The molecule has 122 valence electrons. The molecule has 0 aromatic carbocycles. The average molecular weight is 305 g/mol. The molecule has 2 saturated carbocycles. The first-order valence-electron chi connectivity index (χ1n) is 8.60. The van der Waals surface area contributed by atoms with Crippen molar-refractivity contribution in [2.75, 3.05) is 0 Å². The van der Waals surface area contributed by atoms with Gasteiger partial charge in [0.25, 0.3) is 0 Å². The highest BCUT2D eigenvalue weighted by Gasteiger charge is 2.37. The molecule has 0 radical (unpaired) electrons. The molecule has 3 rings (SSSR count). The summed E-state index contributed by atoms with van der Waals surface area (Å²) >= 11 is 0. The Balaban J connectivity index is 1.67. The quantitative estimate of drug-likeness (QED) is 0.839. The van der Waals surface area contributed by atoms with Gasteiger partial charge in [-0.3, -0.25) is 9.48 Å². The highest BCUT2D eigenvalue weighted by Crippen LogP contribution is 2.38. The molecule has 2 N–H and O–H groups in total. The molecule has 2 fully saturated rings. The largest absolute Gasteiger partial charge is 0.393 e. The Morgan fingerprint density at radius 1 is 1.32 bits per heavy atom. The van der Waals surface area contributed by atoms with Gasteiger partial charge in [-0.2, -0.15) is 5.10 Å². The molecular formula is C17H27N3O2. The maximum Gasteiger partial charge on any atom is 0.223 e. The second-order valence-electron chi connectivity index (χ2n) is 7.01. The van der Waals surface area contributed by atoms with E-state index in [9.17, 15) is 9.90 Å². The molecule has 0 saturated heterocycles. The van der Waals surface area contributed by atoms with E-state index in [1.54, 1.807) is 4.68 Å².